The Morgan fingerprint density at radius 2 is 2.00 bits per heavy atom. The van der Waals surface area contributed by atoms with Crippen molar-refractivity contribution in [1.82, 2.24) is 5.32 Å². The number of amides is 2. The van der Waals surface area contributed by atoms with Crippen LogP contribution in [0, 0.1) is 12.3 Å². The lowest BCUT2D eigenvalue weighted by atomic mass is 9.79. The molecule has 1 aliphatic heterocycles. The highest BCUT2D eigenvalue weighted by atomic mass is 35.5. The van der Waals surface area contributed by atoms with Gasteiger partial charge in [-0.1, -0.05) is 11.6 Å². The number of anilines is 1. The van der Waals surface area contributed by atoms with Gasteiger partial charge >= 0.3 is 0 Å². The molecule has 0 saturated carbocycles. The van der Waals surface area contributed by atoms with Gasteiger partial charge in [0.25, 0.3) is 0 Å². The summed E-state index contributed by atoms with van der Waals surface area (Å²) >= 11 is 6.06. The summed E-state index contributed by atoms with van der Waals surface area (Å²) in [5.41, 5.74) is 6.60. The SMILES string of the molecule is COc1cc(Cl)c(C)cc1NC(=O)CCNC(=O)C1(CN)CCOCC1.Cl. The third-order valence-corrected chi connectivity index (χ3v) is 5.12. The summed E-state index contributed by atoms with van der Waals surface area (Å²) in [6.07, 6.45) is 1.35. The van der Waals surface area contributed by atoms with E-state index >= 15 is 0 Å². The Morgan fingerprint density at radius 3 is 2.59 bits per heavy atom. The molecule has 7 nitrogen and oxygen atoms in total. The van der Waals surface area contributed by atoms with Crippen molar-refractivity contribution in [3.05, 3.63) is 22.7 Å². The van der Waals surface area contributed by atoms with Crippen molar-refractivity contribution >= 4 is 41.5 Å². The molecule has 0 aromatic heterocycles. The summed E-state index contributed by atoms with van der Waals surface area (Å²) < 4.78 is 10.5. The molecular formula is C18H27Cl2N3O4. The minimum Gasteiger partial charge on any atom is -0.495 e. The molecule has 1 aromatic rings. The van der Waals surface area contributed by atoms with E-state index in [1.165, 1.54) is 7.11 Å². The van der Waals surface area contributed by atoms with E-state index < -0.39 is 5.41 Å². The second kappa shape index (κ2) is 10.7. The van der Waals surface area contributed by atoms with Crippen molar-refractivity contribution in [1.29, 1.82) is 0 Å². The van der Waals surface area contributed by atoms with Crippen LogP contribution in [-0.2, 0) is 14.3 Å². The van der Waals surface area contributed by atoms with Gasteiger partial charge in [0.1, 0.15) is 5.75 Å². The maximum atomic E-state index is 12.5. The number of nitrogens with one attached hydrogen (secondary N) is 2. The normalized spacial score (nSPS) is 15.4. The zero-order valence-corrected chi connectivity index (χ0v) is 17.2. The minimum atomic E-state index is -0.592. The molecule has 1 heterocycles. The fourth-order valence-electron chi connectivity index (χ4n) is 2.91. The highest BCUT2D eigenvalue weighted by molar-refractivity contribution is 6.31. The number of nitrogens with two attached hydrogens (primary N) is 1. The summed E-state index contributed by atoms with van der Waals surface area (Å²) in [4.78, 5) is 24.6. The molecule has 9 heteroatoms. The van der Waals surface area contributed by atoms with Crippen molar-refractivity contribution in [2.45, 2.75) is 26.2 Å². The summed E-state index contributed by atoms with van der Waals surface area (Å²) in [7, 11) is 1.51. The maximum Gasteiger partial charge on any atom is 0.227 e. The van der Waals surface area contributed by atoms with Crippen LogP contribution in [0.5, 0.6) is 5.75 Å². The van der Waals surface area contributed by atoms with Crippen LogP contribution in [0.25, 0.3) is 0 Å². The predicted molar refractivity (Wildman–Crippen MR) is 108 cm³/mol. The Labute approximate surface area is 170 Å². The van der Waals surface area contributed by atoms with E-state index in [1.54, 1.807) is 12.1 Å². The smallest absolute Gasteiger partial charge is 0.227 e. The van der Waals surface area contributed by atoms with Crippen LogP contribution in [0.15, 0.2) is 12.1 Å². The second-order valence-electron chi connectivity index (χ2n) is 6.45. The van der Waals surface area contributed by atoms with E-state index in [0.717, 1.165) is 5.56 Å². The van der Waals surface area contributed by atoms with Crippen molar-refractivity contribution in [2.24, 2.45) is 11.1 Å². The quantitative estimate of drug-likeness (QED) is 0.628. The molecule has 0 unspecified atom stereocenters. The van der Waals surface area contributed by atoms with E-state index in [4.69, 9.17) is 26.8 Å². The maximum absolute atomic E-state index is 12.5. The summed E-state index contributed by atoms with van der Waals surface area (Å²) in [5.74, 6) is 0.150. The highest BCUT2D eigenvalue weighted by Crippen LogP contribution is 2.31. The number of halogens is 2. The number of benzene rings is 1. The number of hydrogen-bond donors (Lipinski definition) is 3. The van der Waals surface area contributed by atoms with Crippen molar-refractivity contribution in [2.75, 3.05) is 38.7 Å². The van der Waals surface area contributed by atoms with E-state index in [-0.39, 0.29) is 43.7 Å². The molecule has 0 bridgehead atoms. The van der Waals surface area contributed by atoms with E-state index in [9.17, 15) is 9.59 Å². The Morgan fingerprint density at radius 1 is 1.33 bits per heavy atom. The van der Waals surface area contributed by atoms with Crippen LogP contribution in [0.3, 0.4) is 0 Å². The first kappa shape index (κ1) is 23.5. The number of rotatable bonds is 7. The molecule has 1 aromatic carbocycles. The Kier molecular flexibility index (Phi) is 9.32. The van der Waals surface area contributed by atoms with Gasteiger partial charge in [-0.3, -0.25) is 9.59 Å². The zero-order chi connectivity index (χ0) is 19.2. The molecule has 27 heavy (non-hydrogen) atoms. The third kappa shape index (κ3) is 5.97. The van der Waals surface area contributed by atoms with Gasteiger partial charge in [-0.25, -0.2) is 0 Å². The lowest BCUT2D eigenvalue weighted by molar-refractivity contribution is -0.135. The molecule has 0 atom stereocenters. The van der Waals surface area contributed by atoms with Crippen molar-refractivity contribution < 1.29 is 19.1 Å². The molecule has 0 spiro atoms. The van der Waals surface area contributed by atoms with E-state index in [1.807, 2.05) is 6.92 Å². The molecule has 0 aliphatic carbocycles. The van der Waals surface area contributed by atoms with Gasteiger partial charge in [-0.2, -0.15) is 0 Å². The van der Waals surface area contributed by atoms with Gasteiger partial charge in [-0.05, 0) is 31.4 Å². The van der Waals surface area contributed by atoms with Crippen molar-refractivity contribution in [3.63, 3.8) is 0 Å². The van der Waals surface area contributed by atoms with Crippen LogP contribution in [-0.4, -0.2) is 45.2 Å². The van der Waals surface area contributed by atoms with Gasteiger partial charge in [0, 0.05) is 43.8 Å². The van der Waals surface area contributed by atoms with E-state index in [2.05, 4.69) is 10.6 Å². The molecule has 1 aliphatic rings. The monoisotopic (exact) mass is 419 g/mol. The van der Waals surface area contributed by atoms with Crippen LogP contribution >= 0.6 is 24.0 Å². The van der Waals surface area contributed by atoms with Crippen molar-refractivity contribution in [3.8, 4) is 5.75 Å². The summed E-state index contributed by atoms with van der Waals surface area (Å²) in [6, 6.07) is 3.41. The molecular weight excluding hydrogens is 393 g/mol. The fourth-order valence-corrected chi connectivity index (χ4v) is 3.06. The molecule has 1 fully saturated rings. The van der Waals surface area contributed by atoms with Crippen LogP contribution < -0.4 is 21.1 Å². The van der Waals surface area contributed by atoms with Gasteiger partial charge in [0.2, 0.25) is 11.8 Å². The first-order valence-corrected chi connectivity index (χ1v) is 9.00. The zero-order valence-electron chi connectivity index (χ0n) is 15.6. The predicted octanol–water partition coefficient (Wildman–Crippen LogP) is 2.28. The number of carbonyl (C=O) groups excluding carboxylic acids is 2. The molecule has 1 saturated heterocycles. The first-order valence-electron chi connectivity index (χ1n) is 8.62. The van der Waals surface area contributed by atoms with Gasteiger partial charge in [0.15, 0.2) is 0 Å². The number of ether oxygens (including phenoxy) is 2. The molecule has 4 N–H and O–H groups in total. The van der Waals surface area contributed by atoms with Crippen LogP contribution in [0.2, 0.25) is 5.02 Å². The lowest BCUT2D eigenvalue weighted by Crippen LogP contribution is -2.49. The summed E-state index contributed by atoms with van der Waals surface area (Å²) in [5, 5.41) is 6.18. The Balaban J connectivity index is 0.00000364. The largest absolute Gasteiger partial charge is 0.495 e. The van der Waals surface area contributed by atoms with Gasteiger partial charge in [-0.15, -0.1) is 12.4 Å². The fraction of sp³-hybridized carbons (Fsp3) is 0.556. The minimum absolute atomic E-state index is 0. The van der Waals surface area contributed by atoms with Gasteiger partial charge in [0.05, 0.1) is 18.2 Å². The Hall–Kier alpha value is -1.54. The van der Waals surface area contributed by atoms with E-state index in [0.29, 0.717) is 42.5 Å². The molecule has 2 rings (SSSR count). The molecule has 2 amide bonds. The number of carbonyl (C=O) groups is 2. The second-order valence-corrected chi connectivity index (χ2v) is 6.86. The number of methoxy groups -OCH3 is 1. The van der Waals surface area contributed by atoms with Gasteiger partial charge < -0.3 is 25.8 Å². The average molecular weight is 420 g/mol. The Bertz CT molecular complexity index is 664. The van der Waals surface area contributed by atoms with Crippen LogP contribution in [0.4, 0.5) is 5.69 Å². The summed E-state index contributed by atoms with van der Waals surface area (Å²) in [6.45, 7) is 3.41. The number of aryl methyl sites for hydroxylation is 1. The molecule has 0 radical (unpaired) electrons. The lowest BCUT2D eigenvalue weighted by Gasteiger charge is -2.34. The molecule has 152 valence electrons. The van der Waals surface area contributed by atoms with Crippen LogP contribution in [0.1, 0.15) is 24.8 Å². The standard InChI is InChI=1S/C18H26ClN3O4.ClH/c1-12-9-14(15(25-2)10-13(12)19)22-16(23)3-6-21-17(24)18(11-20)4-7-26-8-5-18;/h9-10H,3-8,11,20H2,1-2H3,(H,21,24)(H,22,23);1H. The highest BCUT2D eigenvalue weighted by Gasteiger charge is 2.38. The third-order valence-electron chi connectivity index (χ3n) is 4.71. The number of hydrogen-bond acceptors (Lipinski definition) is 5. The average Bonchev–Trinajstić information content (AvgIpc) is 2.64. The topological polar surface area (TPSA) is 103 Å². The first-order chi connectivity index (χ1) is 12.4.